The van der Waals surface area contributed by atoms with E-state index in [2.05, 4.69) is 67.5 Å². The maximum Gasteiger partial charge on any atom is 0.171 e. The third kappa shape index (κ3) is 4.50. The van der Waals surface area contributed by atoms with E-state index in [0.717, 1.165) is 38.1 Å². The Morgan fingerprint density at radius 2 is 1.89 bits per heavy atom. The number of ether oxygens (including phenoxy) is 2. The van der Waals surface area contributed by atoms with Crippen LogP contribution in [0.25, 0.3) is 0 Å². The molecule has 1 N–H and O–H groups in total. The summed E-state index contributed by atoms with van der Waals surface area (Å²) in [6.45, 7) is 11.1. The van der Waals surface area contributed by atoms with Gasteiger partial charge in [-0.25, -0.2) is 4.68 Å². The van der Waals surface area contributed by atoms with E-state index in [1.807, 2.05) is 4.68 Å². The summed E-state index contributed by atoms with van der Waals surface area (Å²) >= 11 is 0. The second-order valence-electron chi connectivity index (χ2n) is 9.25. The third-order valence-corrected chi connectivity index (χ3v) is 5.98. The van der Waals surface area contributed by atoms with Crippen LogP contribution in [-0.2, 0) is 21.6 Å². The van der Waals surface area contributed by atoms with Crippen molar-refractivity contribution in [3.8, 4) is 0 Å². The Labute approximate surface area is 163 Å². The molecule has 154 valence electrons. The van der Waals surface area contributed by atoms with Crippen LogP contribution in [-0.4, -0.2) is 76.2 Å². The van der Waals surface area contributed by atoms with Gasteiger partial charge in [0.1, 0.15) is 5.60 Å². The molecule has 1 aliphatic heterocycles. The van der Waals surface area contributed by atoms with Gasteiger partial charge in [-0.05, 0) is 77.9 Å². The van der Waals surface area contributed by atoms with Crippen molar-refractivity contribution in [3.05, 3.63) is 5.82 Å². The maximum absolute atomic E-state index is 6.38. The van der Waals surface area contributed by atoms with Crippen molar-refractivity contribution >= 4 is 0 Å². The predicted octanol–water partition coefficient (Wildman–Crippen LogP) is 1.57. The Bertz CT molecular complexity index is 623. The largest absolute Gasteiger partial charge is 0.375 e. The van der Waals surface area contributed by atoms with Crippen molar-refractivity contribution in [2.24, 2.45) is 0 Å². The van der Waals surface area contributed by atoms with Crippen LogP contribution in [0.5, 0.6) is 0 Å². The summed E-state index contributed by atoms with van der Waals surface area (Å²) in [5, 5.41) is 16.4. The molecule has 0 spiro atoms. The number of hydrogen-bond donors (Lipinski definition) is 1. The van der Waals surface area contributed by atoms with Crippen LogP contribution in [0.1, 0.15) is 59.2 Å². The fraction of sp³-hybridized carbons (Fsp3) is 0.947. The van der Waals surface area contributed by atoms with E-state index in [-0.39, 0.29) is 16.7 Å². The summed E-state index contributed by atoms with van der Waals surface area (Å²) in [5.74, 6) is 0.946. The molecule has 0 aromatic carbocycles. The molecule has 8 heteroatoms. The number of aryl methyl sites for hydroxylation is 1. The van der Waals surface area contributed by atoms with Crippen molar-refractivity contribution in [2.45, 2.75) is 82.7 Å². The van der Waals surface area contributed by atoms with Crippen LogP contribution in [0.15, 0.2) is 0 Å². The molecular formula is C19H36N6O2. The second kappa shape index (κ2) is 7.73. The SMILES string of the molecule is CCn1nnnc1C1(NCC2(C)COCC(C)(C)O2)CCC(N(C)C)CC1. The van der Waals surface area contributed by atoms with Crippen molar-refractivity contribution in [1.29, 1.82) is 0 Å². The first kappa shape index (κ1) is 20.6. The average Bonchev–Trinajstić information content (AvgIpc) is 3.09. The van der Waals surface area contributed by atoms with E-state index in [1.54, 1.807) is 0 Å². The summed E-state index contributed by atoms with van der Waals surface area (Å²) in [5.41, 5.74) is -0.854. The summed E-state index contributed by atoms with van der Waals surface area (Å²) in [6.07, 6.45) is 4.26. The first-order valence-corrected chi connectivity index (χ1v) is 10.1. The Hall–Kier alpha value is -1.09. The van der Waals surface area contributed by atoms with Crippen LogP contribution in [0.4, 0.5) is 0 Å². The minimum absolute atomic E-state index is 0.222. The quantitative estimate of drug-likeness (QED) is 0.802. The minimum atomic E-state index is -0.363. The fourth-order valence-corrected chi connectivity index (χ4v) is 4.53. The molecule has 0 bridgehead atoms. The van der Waals surface area contributed by atoms with Crippen molar-refractivity contribution in [2.75, 3.05) is 33.9 Å². The Morgan fingerprint density at radius 3 is 2.48 bits per heavy atom. The van der Waals surface area contributed by atoms with Crippen LogP contribution in [0, 0.1) is 0 Å². The molecule has 1 aromatic rings. The molecule has 1 saturated heterocycles. The highest BCUT2D eigenvalue weighted by molar-refractivity contribution is 5.09. The summed E-state index contributed by atoms with van der Waals surface area (Å²) in [7, 11) is 4.33. The smallest absolute Gasteiger partial charge is 0.171 e. The van der Waals surface area contributed by atoms with E-state index in [0.29, 0.717) is 25.8 Å². The van der Waals surface area contributed by atoms with Gasteiger partial charge in [0, 0.05) is 19.1 Å². The molecule has 2 fully saturated rings. The molecule has 3 rings (SSSR count). The van der Waals surface area contributed by atoms with Gasteiger partial charge >= 0.3 is 0 Å². The minimum Gasteiger partial charge on any atom is -0.375 e. The standard InChI is InChI=1S/C19H36N6O2/c1-7-25-16(21-22-23-25)19(10-8-15(9-11-19)24(5)6)20-12-18(4)14-26-13-17(2,3)27-18/h15,20H,7-14H2,1-6H3. The van der Waals surface area contributed by atoms with Gasteiger partial charge in [-0.2, -0.15) is 0 Å². The van der Waals surface area contributed by atoms with Crippen molar-refractivity contribution in [1.82, 2.24) is 30.4 Å². The molecule has 2 aliphatic rings. The molecule has 8 nitrogen and oxygen atoms in total. The Kier molecular flexibility index (Phi) is 5.91. The molecule has 2 heterocycles. The first-order valence-electron chi connectivity index (χ1n) is 10.1. The number of hydrogen-bond acceptors (Lipinski definition) is 7. The lowest BCUT2D eigenvalue weighted by Gasteiger charge is -2.47. The Morgan fingerprint density at radius 1 is 1.19 bits per heavy atom. The maximum atomic E-state index is 6.38. The van der Waals surface area contributed by atoms with E-state index >= 15 is 0 Å². The highest BCUT2D eigenvalue weighted by atomic mass is 16.6. The van der Waals surface area contributed by atoms with Crippen molar-refractivity contribution < 1.29 is 9.47 Å². The zero-order valence-electron chi connectivity index (χ0n) is 17.8. The van der Waals surface area contributed by atoms with Gasteiger partial charge in [0.05, 0.1) is 24.4 Å². The molecule has 0 radical (unpaired) electrons. The molecule has 0 amide bonds. The summed E-state index contributed by atoms with van der Waals surface area (Å²) < 4.78 is 14.1. The number of rotatable bonds is 6. The zero-order valence-corrected chi connectivity index (χ0v) is 17.8. The monoisotopic (exact) mass is 380 g/mol. The first-order chi connectivity index (χ1) is 12.7. The topological polar surface area (TPSA) is 77.3 Å². The lowest BCUT2D eigenvalue weighted by molar-refractivity contribution is -0.229. The molecule has 1 atom stereocenters. The molecule has 27 heavy (non-hydrogen) atoms. The normalized spacial score (nSPS) is 34.1. The second-order valence-corrected chi connectivity index (χ2v) is 9.25. The summed E-state index contributed by atoms with van der Waals surface area (Å²) in [6, 6.07) is 0.606. The number of nitrogens with zero attached hydrogens (tertiary/aromatic N) is 5. The van der Waals surface area contributed by atoms with Gasteiger partial charge in [0.2, 0.25) is 0 Å². The lowest BCUT2D eigenvalue weighted by atomic mass is 9.77. The van der Waals surface area contributed by atoms with Crippen molar-refractivity contribution in [3.63, 3.8) is 0 Å². The fourth-order valence-electron chi connectivity index (χ4n) is 4.53. The van der Waals surface area contributed by atoms with Gasteiger partial charge in [-0.15, -0.1) is 5.10 Å². The number of aromatic nitrogens is 4. The lowest BCUT2D eigenvalue weighted by Crippen LogP contribution is -2.59. The summed E-state index contributed by atoms with van der Waals surface area (Å²) in [4.78, 5) is 2.33. The van der Waals surface area contributed by atoms with Gasteiger partial charge in [0.15, 0.2) is 5.82 Å². The van der Waals surface area contributed by atoms with E-state index in [9.17, 15) is 0 Å². The van der Waals surface area contributed by atoms with Crippen LogP contribution in [0.3, 0.4) is 0 Å². The Balaban J connectivity index is 1.79. The van der Waals surface area contributed by atoms with Crippen LogP contribution in [0.2, 0.25) is 0 Å². The number of nitrogens with one attached hydrogen (secondary N) is 1. The molecular weight excluding hydrogens is 344 g/mol. The van der Waals surface area contributed by atoms with E-state index < -0.39 is 0 Å². The van der Waals surface area contributed by atoms with Gasteiger partial charge < -0.3 is 19.7 Å². The molecule has 1 saturated carbocycles. The van der Waals surface area contributed by atoms with Gasteiger partial charge in [-0.3, -0.25) is 0 Å². The molecule has 1 aromatic heterocycles. The van der Waals surface area contributed by atoms with Gasteiger partial charge in [0.25, 0.3) is 0 Å². The highest BCUT2D eigenvalue weighted by Gasteiger charge is 2.45. The highest BCUT2D eigenvalue weighted by Crippen LogP contribution is 2.38. The zero-order chi connectivity index (χ0) is 19.7. The third-order valence-electron chi connectivity index (χ3n) is 5.98. The molecule has 1 aliphatic carbocycles. The van der Waals surface area contributed by atoms with Crippen LogP contribution >= 0.6 is 0 Å². The molecule has 1 unspecified atom stereocenters. The van der Waals surface area contributed by atoms with Gasteiger partial charge in [-0.1, -0.05) is 0 Å². The predicted molar refractivity (Wildman–Crippen MR) is 104 cm³/mol. The van der Waals surface area contributed by atoms with E-state index in [4.69, 9.17) is 9.47 Å². The van der Waals surface area contributed by atoms with Crippen LogP contribution < -0.4 is 5.32 Å². The number of tetrazole rings is 1. The van der Waals surface area contributed by atoms with E-state index in [1.165, 1.54) is 0 Å². The average molecular weight is 381 g/mol.